The molecule has 5 atom stereocenters. The molecule has 2 amide bonds. The number of hydrogen-bond acceptors (Lipinski definition) is 5. The summed E-state index contributed by atoms with van der Waals surface area (Å²) in [7, 11) is 0. The minimum Gasteiger partial charge on any atom is -0.379 e. The molecule has 6 nitrogen and oxygen atoms in total. The number of ether oxygens (including phenoxy) is 1. The normalized spacial score (nSPS) is 34.8. The zero-order valence-electron chi connectivity index (χ0n) is 17.9. The molecule has 160 valence electrons. The molecule has 0 unspecified atom stereocenters. The first-order valence-electron chi connectivity index (χ1n) is 11.2. The van der Waals surface area contributed by atoms with Gasteiger partial charge in [0.05, 0.1) is 30.7 Å². The first-order valence-corrected chi connectivity index (χ1v) is 11.2. The minimum atomic E-state index is -0.277. The molecule has 1 aromatic rings. The van der Waals surface area contributed by atoms with Gasteiger partial charge in [0.15, 0.2) is 0 Å². The predicted octanol–water partition coefficient (Wildman–Crippen LogP) is 2.02. The quantitative estimate of drug-likeness (QED) is 0.563. The van der Waals surface area contributed by atoms with Crippen molar-refractivity contribution >= 4 is 17.5 Å². The van der Waals surface area contributed by atoms with E-state index in [4.69, 9.17) is 4.74 Å². The van der Waals surface area contributed by atoms with E-state index in [0.29, 0.717) is 11.6 Å². The maximum Gasteiger partial charge on any atom is 0.239 e. The highest BCUT2D eigenvalue weighted by Gasteiger charge is 2.59. The summed E-state index contributed by atoms with van der Waals surface area (Å²) in [5.41, 5.74) is 1.98. The highest BCUT2D eigenvalue weighted by atomic mass is 16.5. The number of nitrogens with zero attached hydrogens (tertiary/aromatic N) is 3. The van der Waals surface area contributed by atoms with Crippen molar-refractivity contribution in [3.63, 3.8) is 0 Å². The van der Waals surface area contributed by atoms with Crippen molar-refractivity contribution < 1.29 is 14.3 Å². The van der Waals surface area contributed by atoms with Crippen molar-refractivity contribution in [3.05, 3.63) is 42.0 Å². The lowest BCUT2D eigenvalue weighted by atomic mass is 9.68. The van der Waals surface area contributed by atoms with Crippen molar-refractivity contribution in [3.8, 4) is 0 Å². The number of benzene rings is 1. The summed E-state index contributed by atoms with van der Waals surface area (Å²) < 4.78 is 5.48. The molecular formula is C24H31N3O3. The van der Waals surface area contributed by atoms with Crippen molar-refractivity contribution in [2.45, 2.75) is 19.9 Å². The number of morpholine rings is 1. The summed E-state index contributed by atoms with van der Waals surface area (Å²) >= 11 is 0. The van der Waals surface area contributed by atoms with Crippen LogP contribution in [-0.4, -0.2) is 73.6 Å². The Hall–Kier alpha value is -2.02. The summed E-state index contributed by atoms with van der Waals surface area (Å²) in [4.78, 5) is 33.5. The Labute approximate surface area is 178 Å². The van der Waals surface area contributed by atoms with Gasteiger partial charge in [-0.05, 0) is 30.9 Å². The number of carbonyl (C=O) groups excluding carboxylic acids is 2. The van der Waals surface area contributed by atoms with Crippen molar-refractivity contribution in [2.24, 2.45) is 23.7 Å². The Morgan fingerprint density at radius 1 is 0.967 bits per heavy atom. The molecule has 0 radical (unpaired) electrons. The standard InChI is InChI=1S/C24H31N3O3/c1-16-14-19-21-22(24(29)27(23(21)28)18-6-4-3-5-7-18)20(16)17(2)15-26(19)9-8-25-10-12-30-13-11-25/h3-7,14,17,19-22H,8-13,15H2,1-2H3/t17-,19-,20+,21-,22+/m0/s1. The first-order chi connectivity index (χ1) is 14.6. The molecule has 6 rings (SSSR count). The molecule has 3 fully saturated rings. The highest BCUT2D eigenvalue weighted by Crippen LogP contribution is 2.49. The molecule has 30 heavy (non-hydrogen) atoms. The van der Waals surface area contributed by atoms with E-state index in [1.165, 1.54) is 10.5 Å². The van der Waals surface area contributed by atoms with E-state index in [-0.39, 0.29) is 35.6 Å². The average molecular weight is 410 g/mol. The summed E-state index contributed by atoms with van der Waals surface area (Å²) in [6, 6.07) is 9.42. The van der Waals surface area contributed by atoms with Crippen LogP contribution in [0.4, 0.5) is 5.69 Å². The number of amides is 2. The van der Waals surface area contributed by atoms with Crippen LogP contribution in [0.5, 0.6) is 0 Å². The molecule has 0 spiro atoms. The van der Waals surface area contributed by atoms with E-state index in [2.05, 4.69) is 29.7 Å². The molecule has 0 saturated carbocycles. The van der Waals surface area contributed by atoms with Crippen molar-refractivity contribution in [1.29, 1.82) is 0 Å². The third-order valence-electron chi connectivity index (χ3n) is 7.49. The zero-order valence-corrected chi connectivity index (χ0v) is 17.9. The van der Waals surface area contributed by atoms with E-state index >= 15 is 0 Å². The largest absolute Gasteiger partial charge is 0.379 e. The first kappa shape index (κ1) is 19.9. The van der Waals surface area contributed by atoms with Gasteiger partial charge in [-0.15, -0.1) is 0 Å². The highest BCUT2D eigenvalue weighted by molar-refractivity contribution is 6.22. The van der Waals surface area contributed by atoms with Gasteiger partial charge in [0.2, 0.25) is 11.8 Å². The van der Waals surface area contributed by atoms with E-state index < -0.39 is 0 Å². The van der Waals surface area contributed by atoms with Crippen molar-refractivity contribution in [2.75, 3.05) is 50.8 Å². The monoisotopic (exact) mass is 409 g/mol. The lowest BCUT2D eigenvalue weighted by Gasteiger charge is -2.36. The van der Waals surface area contributed by atoms with Crippen LogP contribution in [0.2, 0.25) is 0 Å². The second-order valence-corrected chi connectivity index (χ2v) is 9.25. The summed E-state index contributed by atoms with van der Waals surface area (Å²) in [5.74, 6) is -0.0682. The predicted molar refractivity (Wildman–Crippen MR) is 115 cm³/mol. The number of rotatable bonds is 4. The van der Waals surface area contributed by atoms with Gasteiger partial charge in [-0.1, -0.05) is 36.8 Å². The van der Waals surface area contributed by atoms with Gasteiger partial charge in [-0.2, -0.15) is 0 Å². The fraction of sp³-hybridized carbons (Fsp3) is 0.583. The van der Waals surface area contributed by atoms with E-state index in [9.17, 15) is 9.59 Å². The van der Waals surface area contributed by atoms with Gasteiger partial charge in [0, 0.05) is 38.8 Å². The van der Waals surface area contributed by atoms with Crippen LogP contribution in [0.3, 0.4) is 0 Å². The van der Waals surface area contributed by atoms with E-state index in [1.54, 1.807) is 0 Å². The number of para-hydroxylation sites is 1. The SMILES string of the molecule is CC1=C[C@H]2[C@@H]3C(=O)N(c4ccccc4)C(=O)[C@@H]3[C@H]1[C@@H](C)CN2CCN1CCOCC1. The number of imide groups is 1. The molecular weight excluding hydrogens is 378 g/mol. The number of fused-ring (bicyclic) bond motifs is 2. The fourth-order valence-electron chi connectivity index (χ4n) is 6.12. The third kappa shape index (κ3) is 3.22. The zero-order chi connectivity index (χ0) is 20.8. The van der Waals surface area contributed by atoms with Gasteiger partial charge < -0.3 is 4.74 Å². The fourth-order valence-corrected chi connectivity index (χ4v) is 6.12. The van der Waals surface area contributed by atoms with Crippen LogP contribution < -0.4 is 4.90 Å². The Bertz CT molecular complexity index is 849. The van der Waals surface area contributed by atoms with Gasteiger partial charge in [-0.25, -0.2) is 4.90 Å². The number of carbonyl (C=O) groups is 2. The van der Waals surface area contributed by atoms with Crippen LogP contribution in [0.25, 0.3) is 0 Å². The molecule has 0 N–H and O–H groups in total. The third-order valence-corrected chi connectivity index (χ3v) is 7.49. The molecule has 4 aliphatic heterocycles. The summed E-state index contributed by atoms with van der Waals surface area (Å²) in [5, 5.41) is 0. The van der Waals surface area contributed by atoms with Gasteiger partial charge >= 0.3 is 0 Å². The number of anilines is 1. The molecule has 3 saturated heterocycles. The maximum absolute atomic E-state index is 13.6. The minimum absolute atomic E-state index is 0.00222. The molecule has 1 aromatic carbocycles. The average Bonchev–Trinajstić information content (AvgIpc) is 2.87. The Morgan fingerprint density at radius 2 is 1.67 bits per heavy atom. The Kier molecular flexibility index (Phi) is 5.25. The van der Waals surface area contributed by atoms with E-state index in [0.717, 1.165) is 45.9 Å². The smallest absolute Gasteiger partial charge is 0.239 e. The summed E-state index contributed by atoms with van der Waals surface area (Å²) in [6.07, 6.45) is 2.29. The number of allylic oxidation sites excluding steroid dienone is 1. The topological polar surface area (TPSA) is 53.1 Å². The van der Waals surface area contributed by atoms with Crippen LogP contribution >= 0.6 is 0 Å². The maximum atomic E-state index is 13.6. The molecule has 5 aliphatic rings. The Morgan fingerprint density at radius 3 is 2.40 bits per heavy atom. The van der Waals surface area contributed by atoms with Crippen LogP contribution in [0.15, 0.2) is 42.0 Å². The van der Waals surface area contributed by atoms with E-state index in [1.807, 2.05) is 30.3 Å². The molecule has 0 aromatic heterocycles. The molecule has 2 bridgehead atoms. The van der Waals surface area contributed by atoms with Gasteiger partial charge in [0.1, 0.15) is 0 Å². The Balaban J connectivity index is 1.44. The molecule has 1 aliphatic carbocycles. The lowest BCUT2D eigenvalue weighted by Crippen LogP contribution is -2.48. The second-order valence-electron chi connectivity index (χ2n) is 9.25. The van der Waals surface area contributed by atoms with Crippen LogP contribution in [0.1, 0.15) is 13.8 Å². The van der Waals surface area contributed by atoms with Crippen LogP contribution in [-0.2, 0) is 14.3 Å². The second kappa shape index (κ2) is 7.91. The lowest BCUT2D eigenvalue weighted by molar-refractivity contribution is -0.123. The summed E-state index contributed by atoms with van der Waals surface area (Å²) in [6.45, 7) is 10.8. The van der Waals surface area contributed by atoms with Crippen LogP contribution in [0, 0.1) is 23.7 Å². The van der Waals surface area contributed by atoms with Crippen molar-refractivity contribution in [1.82, 2.24) is 9.80 Å². The molecule has 4 heterocycles. The van der Waals surface area contributed by atoms with Gasteiger partial charge in [0.25, 0.3) is 0 Å². The number of hydrogen-bond donors (Lipinski definition) is 0. The molecule has 6 heteroatoms. The van der Waals surface area contributed by atoms with Gasteiger partial charge in [-0.3, -0.25) is 19.4 Å².